The summed E-state index contributed by atoms with van der Waals surface area (Å²) in [7, 11) is 1.83. The van der Waals surface area contributed by atoms with Crippen LogP contribution in [-0.4, -0.2) is 46.5 Å². The number of rotatable bonds is 6. The lowest BCUT2D eigenvalue weighted by Gasteiger charge is -2.52. The van der Waals surface area contributed by atoms with Gasteiger partial charge in [0.1, 0.15) is 13.3 Å². The van der Waals surface area contributed by atoms with Crippen LogP contribution in [0.1, 0.15) is 74.1 Å². The van der Waals surface area contributed by atoms with E-state index in [1.807, 2.05) is 56.3 Å². The van der Waals surface area contributed by atoms with Crippen LogP contribution in [0.15, 0.2) is 0 Å². The normalized spacial score (nSPS) is 19.5. The number of imide groups is 2. The summed E-state index contributed by atoms with van der Waals surface area (Å²) in [6.45, 7) is 13.2. The monoisotopic (exact) mass is 322 g/mol. The molecule has 0 N–H and O–H groups in total. The Balaban J connectivity index is 3.56. The van der Waals surface area contributed by atoms with Gasteiger partial charge in [-0.2, -0.15) is 0 Å². The molecule has 1 heterocycles. The van der Waals surface area contributed by atoms with Crippen LogP contribution in [-0.2, 0) is 9.59 Å². The molecule has 0 aromatic heterocycles. The maximum absolute atomic E-state index is 13.2. The maximum Gasteiger partial charge on any atom is 0.333 e. The molecular formula is C17H31BN2O3. The zero-order valence-electron chi connectivity index (χ0n) is 15.9. The van der Waals surface area contributed by atoms with Crippen molar-refractivity contribution in [1.82, 2.24) is 9.80 Å². The van der Waals surface area contributed by atoms with Crippen molar-refractivity contribution in [2.45, 2.75) is 85.1 Å². The third-order valence-corrected chi connectivity index (χ3v) is 4.95. The number of urea groups is 1. The van der Waals surface area contributed by atoms with E-state index in [0.29, 0.717) is 19.3 Å². The van der Waals surface area contributed by atoms with Gasteiger partial charge in [0, 0.05) is 11.0 Å². The van der Waals surface area contributed by atoms with E-state index >= 15 is 0 Å². The van der Waals surface area contributed by atoms with E-state index in [2.05, 4.69) is 0 Å². The summed E-state index contributed by atoms with van der Waals surface area (Å²) in [6, 6.07) is -0.483. The molecule has 0 atom stereocenters. The van der Waals surface area contributed by atoms with Crippen LogP contribution in [0.3, 0.4) is 0 Å². The highest BCUT2D eigenvalue weighted by Gasteiger charge is 2.59. The largest absolute Gasteiger partial charge is 0.333 e. The Morgan fingerprint density at radius 3 is 1.70 bits per heavy atom. The highest BCUT2D eigenvalue weighted by molar-refractivity contribution is 6.25. The summed E-state index contributed by atoms with van der Waals surface area (Å²) >= 11 is 0. The van der Waals surface area contributed by atoms with Crippen molar-refractivity contribution in [3.63, 3.8) is 0 Å². The highest BCUT2D eigenvalue weighted by atomic mass is 16.2. The van der Waals surface area contributed by atoms with Crippen LogP contribution in [0.5, 0.6) is 0 Å². The summed E-state index contributed by atoms with van der Waals surface area (Å²) in [4.78, 5) is 41.9. The van der Waals surface area contributed by atoms with Gasteiger partial charge in [0.25, 0.3) is 0 Å². The van der Waals surface area contributed by atoms with E-state index in [-0.39, 0.29) is 11.8 Å². The third kappa shape index (κ3) is 3.04. The Labute approximate surface area is 141 Å². The molecule has 0 spiro atoms. The van der Waals surface area contributed by atoms with Gasteiger partial charge in [-0.3, -0.25) is 19.4 Å². The number of hydrogen-bond acceptors (Lipinski definition) is 3. The van der Waals surface area contributed by atoms with Crippen LogP contribution < -0.4 is 0 Å². The zero-order chi connectivity index (χ0) is 18.2. The average Bonchev–Trinajstić information content (AvgIpc) is 2.37. The van der Waals surface area contributed by atoms with E-state index in [4.69, 9.17) is 0 Å². The van der Waals surface area contributed by atoms with Crippen LogP contribution >= 0.6 is 0 Å². The van der Waals surface area contributed by atoms with Crippen molar-refractivity contribution in [2.24, 2.45) is 5.41 Å². The van der Waals surface area contributed by atoms with Gasteiger partial charge in [0.2, 0.25) is 11.8 Å². The molecule has 6 heteroatoms. The minimum absolute atomic E-state index is 0.337. The summed E-state index contributed by atoms with van der Waals surface area (Å²) in [5.74, 6) is -0.690. The Hall–Kier alpha value is -1.33. The van der Waals surface area contributed by atoms with Gasteiger partial charge in [0.15, 0.2) is 0 Å². The molecule has 4 amide bonds. The van der Waals surface area contributed by atoms with Gasteiger partial charge in [-0.1, -0.05) is 27.2 Å². The topological polar surface area (TPSA) is 57.7 Å². The molecular weight excluding hydrogens is 291 g/mol. The predicted molar refractivity (Wildman–Crippen MR) is 93.7 cm³/mol. The molecule has 23 heavy (non-hydrogen) atoms. The Morgan fingerprint density at radius 1 is 0.913 bits per heavy atom. The second-order valence-electron chi connectivity index (χ2n) is 8.09. The Bertz CT molecular complexity index is 504. The summed E-state index contributed by atoms with van der Waals surface area (Å²) in [5, 5.41) is 0. The van der Waals surface area contributed by atoms with E-state index in [0.717, 1.165) is 6.42 Å². The summed E-state index contributed by atoms with van der Waals surface area (Å²) in [6.07, 6.45) is 2.37. The number of amides is 4. The number of nitrogens with zero attached hydrogens (tertiary/aromatic N) is 2. The first-order chi connectivity index (χ1) is 10.4. The van der Waals surface area contributed by atoms with E-state index < -0.39 is 22.4 Å². The maximum atomic E-state index is 13.2. The zero-order valence-corrected chi connectivity index (χ0v) is 15.9. The minimum atomic E-state index is -1.13. The number of carbonyl (C=O) groups is 3. The van der Waals surface area contributed by atoms with Gasteiger partial charge in [0.05, 0.1) is 0 Å². The number of carbonyl (C=O) groups excluding carboxylic acids is 3. The van der Waals surface area contributed by atoms with Crippen molar-refractivity contribution >= 4 is 25.7 Å². The van der Waals surface area contributed by atoms with Gasteiger partial charge in [-0.05, 0) is 47.0 Å². The molecule has 0 radical (unpaired) electrons. The molecule has 5 nitrogen and oxygen atoms in total. The molecule has 1 aliphatic rings. The van der Waals surface area contributed by atoms with Crippen molar-refractivity contribution in [3.05, 3.63) is 0 Å². The first kappa shape index (κ1) is 19.7. The van der Waals surface area contributed by atoms with Gasteiger partial charge >= 0.3 is 6.03 Å². The Kier molecular flexibility index (Phi) is 5.39. The summed E-state index contributed by atoms with van der Waals surface area (Å²) < 4.78 is 0. The smallest absolute Gasteiger partial charge is 0.273 e. The second kappa shape index (κ2) is 6.29. The van der Waals surface area contributed by atoms with Gasteiger partial charge < -0.3 is 0 Å². The highest BCUT2D eigenvalue weighted by Crippen LogP contribution is 2.41. The standard InChI is InChI=1S/C17H31BN2O3/c1-8-11-15(4,5)19-12(21)17(9-2,10-3)13(22)20(14(19)23)16(6,7)18/h8-11,18H2,1-7H3. The molecule has 0 unspecified atom stereocenters. The molecule has 1 saturated heterocycles. The molecule has 1 rings (SSSR count). The Morgan fingerprint density at radius 2 is 1.35 bits per heavy atom. The van der Waals surface area contributed by atoms with Crippen LogP contribution in [0.4, 0.5) is 4.79 Å². The van der Waals surface area contributed by atoms with E-state index in [9.17, 15) is 14.4 Å². The lowest BCUT2D eigenvalue weighted by atomic mass is 9.72. The van der Waals surface area contributed by atoms with Gasteiger partial charge in [-0.25, -0.2) is 4.79 Å². The third-order valence-electron chi connectivity index (χ3n) is 4.95. The fraction of sp³-hybridized carbons (Fsp3) is 0.824. The van der Waals surface area contributed by atoms with Crippen molar-refractivity contribution in [3.8, 4) is 0 Å². The lowest BCUT2D eigenvalue weighted by Crippen LogP contribution is -2.72. The second-order valence-corrected chi connectivity index (χ2v) is 8.09. The van der Waals surface area contributed by atoms with Crippen molar-refractivity contribution in [1.29, 1.82) is 0 Å². The fourth-order valence-electron chi connectivity index (χ4n) is 3.50. The summed E-state index contributed by atoms with van der Waals surface area (Å²) in [5.41, 5.74) is -2.40. The van der Waals surface area contributed by atoms with Crippen LogP contribution in [0, 0.1) is 5.41 Å². The lowest BCUT2D eigenvalue weighted by molar-refractivity contribution is -0.165. The molecule has 0 bridgehead atoms. The first-order valence-electron chi connectivity index (χ1n) is 8.64. The SMILES string of the molecule is BC(C)(C)N1C(=O)N(C(C)(C)CCC)C(=O)C(CC)(CC)C1=O. The molecule has 0 aromatic rings. The average molecular weight is 322 g/mol. The van der Waals surface area contributed by atoms with Gasteiger partial charge in [-0.15, -0.1) is 0 Å². The van der Waals surface area contributed by atoms with E-state index in [1.165, 1.54) is 9.80 Å². The molecule has 0 aliphatic carbocycles. The van der Waals surface area contributed by atoms with E-state index in [1.54, 1.807) is 0 Å². The molecule has 1 fully saturated rings. The minimum Gasteiger partial charge on any atom is -0.273 e. The molecule has 0 aromatic carbocycles. The van der Waals surface area contributed by atoms with Crippen molar-refractivity contribution in [2.75, 3.05) is 0 Å². The molecule has 130 valence electrons. The number of barbiturate groups is 1. The molecule has 0 saturated carbocycles. The quantitative estimate of drug-likeness (QED) is 0.558. The van der Waals surface area contributed by atoms with Crippen LogP contribution in [0.2, 0.25) is 0 Å². The van der Waals surface area contributed by atoms with Crippen LogP contribution in [0.25, 0.3) is 0 Å². The number of hydrogen-bond donors (Lipinski definition) is 0. The fourth-order valence-corrected chi connectivity index (χ4v) is 3.50. The first-order valence-corrected chi connectivity index (χ1v) is 8.64. The van der Waals surface area contributed by atoms with Crippen molar-refractivity contribution < 1.29 is 14.4 Å². The molecule has 1 aliphatic heterocycles. The predicted octanol–water partition coefficient (Wildman–Crippen LogP) is 2.53.